The molecule has 2 atom stereocenters. The molecule has 2 unspecified atom stereocenters. The summed E-state index contributed by atoms with van der Waals surface area (Å²) >= 11 is 0. The van der Waals surface area contributed by atoms with Crippen molar-refractivity contribution in [3.63, 3.8) is 0 Å². The van der Waals surface area contributed by atoms with E-state index in [1.807, 2.05) is 21.1 Å². The van der Waals surface area contributed by atoms with Crippen LogP contribution in [0.15, 0.2) is 85.1 Å². The monoisotopic (exact) mass is 951 g/mol. The van der Waals surface area contributed by atoms with Gasteiger partial charge in [0.15, 0.2) is 12.1 Å². The molecule has 0 heterocycles. The van der Waals surface area contributed by atoms with Crippen LogP contribution in [-0.2, 0) is 28.6 Å². The van der Waals surface area contributed by atoms with Crippen molar-refractivity contribution in [1.82, 2.24) is 0 Å². The fraction of sp³-hybridized carbons (Fsp3) is 0.717. The van der Waals surface area contributed by atoms with E-state index in [-0.39, 0.29) is 36.2 Å². The number of carbonyl (C=O) groups excluding carboxylic acids is 2. The summed E-state index contributed by atoms with van der Waals surface area (Å²) in [5.41, 5.74) is 0. The van der Waals surface area contributed by atoms with Gasteiger partial charge in [-0.15, -0.1) is 0 Å². The molecule has 8 heteroatoms. The third-order valence-electron chi connectivity index (χ3n) is 12.0. The number of carboxylic acid groups (broad SMARTS) is 1. The summed E-state index contributed by atoms with van der Waals surface area (Å²) in [5.74, 6) is -1.49. The van der Waals surface area contributed by atoms with E-state index in [2.05, 4.69) is 98.9 Å². The molecule has 0 aliphatic heterocycles. The summed E-state index contributed by atoms with van der Waals surface area (Å²) in [7, 11) is 5.53. The number of rotatable bonds is 49. The highest BCUT2D eigenvalue weighted by Crippen LogP contribution is 2.15. The number of quaternary nitrogens is 1. The SMILES string of the molecule is CC/C=C/C/C=C/C/C=C/CCCCCCCCCCCCCCCC(=O)OCC(COCCC(C(=O)O)[N+](C)(C)C)OC(=O)CCCCCCC/C=C/C/C=C/C/C=C/C/C=C/CCCCC. The number of ether oxygens (including phenoxy) is 3. The van der Waals surface area contributed by atoms with Crippen molar-refractivity contribution in [3.05, 3.63) is 85.1 Å². The second-order valence-electron chi connectivity index (χ2n) is 19.5. The fourth-order valence-corrected chi connectivity index (χ4v) is 7.80. The molecule has 8 nitrogen and oxygen atoms in total. The first-order valence-corrected chi connectivity index (χ1v) is 27.6. The predicted octanol–water partition coefficient (Wildman–Crippen LogP) is 16.4. The number of nitrogens with zero attached hydrogens (tertiary/aromatic N) is 1. The Morgan fingerprint density at radius 3 is 1.22 bits per heavy atom. The van der Waals surface area contributed by atoms with Crippen LogP contribution in [0.5, 0.6) is 0 Å². The van der Waals surface area contributed by atoms with Gasteiger partial charge in [0, 0.05) is 19.3 Å². The van der Waals surface area contributed by atoms with Crippen LogP contribution in [0.25, 0.3) is 0 Å². The highest BCUT2D eigenvalue weighted by molar-refractivity contribution is 5.72. The molecule has 0 aliphatic rings. The van der Waals surface area contributed by atoms with E-state index >= 15 is 0 Å². The lowest BCUT2D eigenvalue weighted by atomic mass is 10.0. The van der Waals surface area contributed by atoms with Gasteiger partial charge in [-0.25, -0.2) is 4.79 Å². The first-order valence-electron chi connectivity index (χ1n) is 27.6. The van der Waals surface area contributed by atoms with Gasteiger partial charge in [-0.2, -0.15) is 0 Å². The summed E-state index contributed by atoms with van der Waals surface area (Å²) in [6.07, 6.45) is 66.4. The van der Waals surface area contributed by atoms with Crippen molar-refractivity contribution in [2.24, 2.45) is 0 Å². The number of hydrogen-bond donors (Lipinski definition) is 1. The van der Waals surface area contributed by atoms with Crippen LogP contribution in [0.1, 0.15) is 226 Å². The number of allylic oxidation sites excluding steroid dienone is 14. The molecule has 0 saturated carbocycles. The van der Waals surface area contributed by atoms with Crippen LogP contribution in [0.3, 0.4) is 0 Å². The average Bonchev–Trinajstić information content (AvgIpc) is 3.30. The van der Waals surface area contributed by atoms with Gasteiger partial charge in [0.1, 0.15) is 6.61 Å². The minimum atomic E-state index is -0.879. The lowest BCUT2D eigenvalue weighted by molar-refractivity contribution is -0.887. The molecule has 0 aromatic heterocycles. The molecule has 0 aromatic rings. The van der Waals surface area contributed by atoms with E-state index in [1.165, 1.54) is 96.3 Å². The Bertz CT molecular complexity index is 1380. The van der Waals surface area contributed by atoms with E-state index in [0.717, 1.165) is 96.3 Å². The van der Waals surface area contributed by atoms with Crippen molar-refractivity contribution >= 4 is 17.9 Å². The van der Waals surface area contributed by atoms with E-state index in [4.69, 9.17) is 14.2 Å². The zero-order chi connectivity index (χ0) is 49.9. The Labute approximate surface area is 418 Å². The third kappa shape index (κ3) is 47.6. The number of carbonyl (C=O) groups is 3. The standard InChI is InChI=1S/C60H103NO7/c1-6-8-10-12-14-16-18-20-22-24-26-28-29-31-32-34-36-38-40-42-44-46-48-50-58(62)67-55-56(54-66-53-52-57(60(64)65)61(3,4)5)68-59(63)51-49-47-45-43-41-39-37-35-33-30-27-25-23-21-19-17-15-13-11-9-7-2/h8,10,14-17,20-23,27,30,35,37,56-57H,6-7,9,11-13,18-19,24-26,28-29,31-34,36,38-55H2,1-5H3/p+1/b10-8+,16-14+,17-15+,22-20+,23-21+,30-27+,37-35+. The molecule has 0 aromatic carbocycles. The Morgan fingerprint density at radius 2 is 0.824 bits per heavy atom. The zero-order valence-electron chi connectivity index (χ0n) is 44.5. The Balaban J connectivity index is 4.24. The first kappa shape index (κ1) is 64.5. The van der Waals surface area contributed by atoms with Crippen molar-refractivity contribution in [2.75, 3.05) is 41.0 Å². The van der Waals surface area contributed by atoms with Gasteiger partial charge in [0.05, 0.1) is 34.4 Å². The first-order chi connectivity index (χ1) is 33.1. The van der Waals surface area contributed by atoms with Gasteiger partial charge < -0.3 is 23.8 Å². The highest BCUT2D eigenvalue weighted by atomic mass is 16.6. The molecule has 0 amide bonds. The van der Waals surface area contributed by atoms with Crippen molar-refractivity contribution < 1.29 is 38.2 Å². The summed E-state index contributed by atoms with van der Waals surface area (Å²) in [4.78, 5) is 37.3. The van der Waals surface area contributed by atoms with E-state index in [1.54, 1.807) is 0 Å². The number of unbranched alkanes of at least 4 members (excludes halogenated alkanes) is 21. The molecular formula is C60H104NO7+. The summed E-state index contributed by atoms with van der Waals surface area (Å²) in [6, 6.07) is -0.623. The molecule has 0 aliphatic carbocycles. The van der Waals surface area contributed by atoms with Gasteiger partial charge in [-0.1, -0.05) is 202 Å². The van der Waals surface area contributed by atoms with E-state index in [9.17, 15) is 19.5 Å². The Kier molecular flexibility index (Phi) is 47.4. The minimum absolute atomic E-state index is 0.0498. The van der Waals surface area contributed by atoms with E-state index in [0.29, 0.717) is 19.3 Å². The third-order valence-corrected chi connectivity index (χ3v) is 12.0. The second kappa shape index (κ2) is 49.9. The Morgan fingerprint density at radius 1 is 0.456 bits per heavy atom. The molecule has 0 fully saturated rings. The van der Waals surface area contributed by atoms with Crippen LogP contribution in [0.2, 0.25) is 0 Å². The lowest BCUT2D eigenvalue weighted by Crippen LogP contribution is -2.50. The number of hydrogen-bond acceptors (Lipinski definition) is 6. The smallest absolute Gasteiger partial charge is 0.362 e. The molecule has 1 N–H and O–H groups in total. The van der Waals surface area contributed by atoms with Crippen LogP contribution in [0, 0.1) is 0 Å². The molecular weight excluding hydrogens is 847 g/mol. The quantitative estimate of drug-likeness (QED) is 0.0281. The molecule has 0 spiro atoms. The number of esters is 2. The predicted molar refractivity (Wildman–Crippen MR) is 289 cm³/mol. The van der Waals surface area contributed by atoms with Crippen LogP contribution in [-0.4, -0.2) is 80.6 Å². The van der Waals surface area contributed by atoms with Crippen molar-refractivity contribution in [3.8, 4) is 0 Å². The van der Waals surface area contributed by atoms with Crippen molar-refractivity contribution in [1.29, 1.82) is 0 Å². The normalized spacial score (nSPS) is 13.5. The highest BCUT2D eigenvalue weighted by Gasteiger charge is 2.31. The minimum Gasteiger partial charge on any atom is -0.477 e. The maximum absolute atomic E-state index is 12.8. The summed E-state index contributed by atoms with van der Waals surface area (Å²) in [5, 5.41) is 9.67. The van der Waals surface area contributed by atoms with Gasteiger partial charge in [-0.05, 0) is 89.9 Å². The zero-order valence-corrected chi connectivity index (χ0v) is 44.5. The maximum atomic E-state index is 12.8. The maximum Gasteiger partial charge on any atom is 0.362 e. The fourth-order valence-electron chi connectivity index (χ4n) is 7.80. The summed E-state index contributed by atoms with van der Waals surface area (Å²) < 4.78 is 17.4. The van der Waals surface area contributed by atoms with Gasteiger partial charge >= 0.3 is 17.9 Å². The largest absolute Gasteiger partial charge is 0.477 e. The molecule has 390 valence electrons. The second-order valence-corrected chi connectivity index (χ2v) is 19.5. The molecule has 0 bridgehead atoms. The molecule has 68 heavy (non-hydrogen) atoms. The lowest BCUT2D eigenvalue weighted by Gasteiger charge is -2.31. The van der Waals surface area contributed by atoms with Crippen LogP contribution in [0.4, 0.5) is 0 Å². The van der Waals surface area contributed by atoms with E-state index < -0.39 is 18.1 Å². The average molecular weight is 951 g/mol. The van der Waals surface area contributed by atoms with Crippen molar-refractivity contribution in [2.45, 2.75) is 238 Å². The number of aliphatic carboxylic acids is 1. The summed E-state index contributed by atoms with van der Waals surface area (Å²) in [6.45, 7) is 4.59. The number of carboxylic acids is 1. The number of likely N-dealkylation sites (N-methyl/N-ethyl adjacent to an activating group) is 1. The van der Waals surface area contributed by atoms with Gasteiger partial charge in [0.2, 0.25) is 0 Å². The molecule has 0 radical (unpaired) electrons. The topological polar surface area (TPSA) is 99.1 Å². The van der Waals surface area contributed by atoms with Crippen LogP contribution >= 0.6 is 0 Å². The van der Waals surface area contributed by atoms with Gasteiger partial charge in [-0.3, -0.25) is 9.59 Å². The van der Waals surface area contributed by atoms with Crippen LogP contribution < -0.4 is 0 Å². The van der Waals surface area contributed by atoms with Gasteiger partial charge in [0.25, 0.3) is 0 Å². The molecule has 0 rings (SSSR count). The Hall–Kier alpha value is -3.49. The molecule has 0 saturated heterocycles.